The molecule has 0 aromatic heterocycles. The Labute approximate surface area is 232 Å². The van der Waals surface area contributed by atoms with Crippen LogP contribution in [-0.2, 0) is 4.79 Å². The molecule has 2 aromatic rings. The SMILES string of the molecule is C=C(Nc1ccc(NCCC(C)(C)F)cc1)c1c(F)cc(OC(CCC)CCC2CC2)cc1N=CC.NC=O. The fraction of sp³-hybridized carbons (Fsp3) is 0.484. The van der Waals surface area contributed by atoms with E-state index in [4.69, 9.17) is 9.53 Å². The number of nitrogens with two attached hydrogens (primary N) is 1. The van der Waals surface area contributed by atoms with Gasteiger partial charge in [0.2, 0.25) is 6.41 Å². The highest BCUT2D eigenvalue weighted by Gasteiger charge is 2.23. The fourth-order valence-electron chi connectivity index (χ4n) is 4.19. The molecule has 4 N–H and O–H groups in total. The molecule has 0 spiro atoms. The monoisotopic (exact) mass is 542 g/mol. The lowest BCUT2D eigenvalue weighted by molar-refractivity contribution is -0.106. The summed E-state index contributed by atoms with van der Waals surface area (Å²) >= 11 is 0. The molecule has 1 atom stereocenters. The largest absolute Gasteiger partial charge is 0.490 e. The average Bonchev–Trinajstić information content (AvgIpc) is 3.68. The van der Waals surface area contributed by atoms with E-state index in [1.807, 2.05) is 24.3 Å². The second kappa shape index (κ2) is 15.9. The van der Waals surface area contributed by atoms with E-state index < -0.39 is 11.5 Å². The molecule has 6 nitrogen and oxygen atoms in total. The number of carbonyl (C=O) groups excluding carboxylic acids is 1. The second-order valence-corrected chi connectivity index (χ2v) is 10.4. The molecule has 0 aliphatic heterocycles. The van der Waals surface area contributed by atoms with E-state index >= 15 is 4.39 Å². The molecule has 0 heterocycles. The van der Waals surface area contributed by atoms with Crippen molar-refractivity contribution in [1.82, 2.24) is 0 Å². The van der Waals surface area contributed by atoms with Gasteiger partial charge in [-0.25, -0.2) is 8.78 Å². The summed E-state index contributed by atoms with van der Waals surface area (Å²) in [7, 11) is 0. The molecule has 1 fully saturated rings. The standard InChI is InChI=1S/C30H41F2N3O.CH3NO/c1-6-8-25(16-11-22-9-10-22)36-26-19-27(31)29(28(20-26)33-7-2)21(3)35-24-14-12-23(13-15-24)34-18-17-30(4,5)32;2-1-3/h7,12-15,19-20,22,25,34-35H,3,6,8-11,16-18H2,1-2,4-5H3;1H,(H2,2,3). The Hall–Kier alpha value is -3.42. The molecule has 1 aliphatic rings. The van der Waals surface area contributed by atoms with E-state index in [0.717, 1.165) is 36.6 Å². The van der Waals surface area contributed by atoms with Crippen molar-refractivity contribution in [3.05, 3.63) is 54.4 Å². The smallest absolute Gasteiger partial charge is 0.204 e. The predicted octanol–water partition coefficient (Wildman–Crippen LogP) is 8.02. The molecule has 0 saturated heterocycles. The Balaban J connectivity index is 0.00000170. The van der Waals surface area contributed by atoms with Crippen molar-refractivity contribution in [2.24, 2.45) is 16.6 Å². The minimum atomic E-state index is -1.21. The number of primary amides is 1. The fourth-order valence-corrected chi connectivity index (χ4v) is 4.19. The minimum Gasteiger partial charge on any atom is -0.490 e. The number of carbonyl (C=O) groups is 1. The number of rotatable bonds is 15. The molecular weight excluding hydrogens is 498 g/mol. The van der Waals surface area contributed by atoms with Gasteiger partial charge in [0, 0.05) is 42.0 Å². The van der Waals surface area contributed by atoms with Gasteiger partial charge in [-0.3, -0.25) is 9.79 Å². The number of alkyl halides is 1. The van der Waals surface area contributed by atoms with Gasteiger partial charge < -0.3 is 21.1 Å². The van der Waals surface area contributed by atoms with E-state index in [0.29, 0.717) is 35.7 Å². The molecule has 0 radical (unpaired) electrons. The summed E-state index contributed by atoms with van der Waals surface area (Å²) in [6.45, 7) is 11.7. The molecule has 1 aliphatic carbocycles. The summed E-state index contributed by atoms with van der Waals surface area (Å²) in [6.07, 6.45) is 9.20. The first-order chi connectivity index (χ1) is 18.6. The van der Waals surface area contributed by atoms with Crippen molar-refractivity contribution < 1.29 is 18.3 Å². The quantitative estimate of drug-likeness (QED) is 0.157. The Morgan fingerprint density at radius 2 is 1.87 bits per heavy atom. The third-order valence-corrected chi connectivity index (χ3v) is 6.35. The van der Waals surface area contributed by atoms with Crippen molar-refractivity contribution >= 4 is 35.4 Å². The number of anilines is 2. The molecule has 3 rings (SSSR count). The summed E-state index contributed by atoms with van der Waals surface area (Å²) in [4.78, 5) is 13.0. The molecule has 39 heavy (non-hydrogen) atoms. The number of hydrogen-bond donors (Lipinski definition) is 3. The van der Waals surface area contributed by atoms with Crippen LogP contribution in [0.5, 0.6) is 5.75 Å². The predicted molar refractivity (Wildman–Crippen MR) is 159 cm³/mol. The van der Waals surface area contributed by atoms with Crippen molar-refractivity contribution in [2.75, 3.05) is 17.2 Å². The first kappa shape index (κ1) is 31.8. The summed E-state index contributed by atoms with van der Waals surface area (Å²) in [5.41, 5.74) is 5.84. The van der Waals surface area contributed by atoms with Gasteiger partial charge >= 0.3 is 0 Å². The van der Waals surface area contributed by atoms with Crippen LogP contribution >= 0.6 is 0 Å². The van der Waals surface area contributed by atoms with E-state index in [-0.39, 0.29) is 12.5 Å². The normalized spacial score (nSPS) is 13.8. The third kappa shape index (κ3) is 11.9. The average molecular weight is 543 g/mol. The summed E-state index contributed by atoms with van der Waals surface area (Å²) in [5.74, 6) is 0.926. The van der Waals surface area contributed by atoms with Crippen LogP contribution in [0.4, 0.5) is 25.8 Å². The van der Waals surface area contributed by atoms with E-state index in [1.54, 1.807) is 33.1 Å². The highest BCUT2D eigenvalue weighted by atomic mass is 19.1. The van der Waals surface area contributed by atoms with Crippen LogP contribution in [0.2, 0.25) is 0 Å². The molecule has 1 unspecified atom stereocenters. The van der Waals surface area contributed by atoms with Gasteiger partial charge in [-0.1, -0.05) is 32.8 Å². The molecule has 8 heteroatoms. The van der Waals surface area contributed by atoms with Crippen molar-refractivity contribution in [1.29, 1.82) is 0 Å². The van der Waals surface area contributed by atoms with Gasteiger partial charge in [-0.05, 0) is 76.6 Å². The third-order valence-electron chi connectivity index (χ3n) is 6.35. The zero-order valence-corrected chi connectivity index (χ0v) is 23.7. The van der Waals surface area contributed by atoms with Crippen LogP contribution < -0.4 is 21.1 Å². The maximum Gasteiger partial charge on any atom is 0.204 e. The van der Waals surface area contributed by atoms with Crippen molar-refractivity contribution in [3.8, 4) is 5.75 Å². The highest BCUT2D eigenvalue weighted by Crippen LogP contribution is 2.37. The topological polar surface area (TPSA) is 88.7 Å². The van der Waals surface area contributed by atoms with Gasteiger partial charge in [0.15, 0.2) is 0 Å². The first-order valence-corrected chi connectivity index (χ1v) is 13.7. The molecule has 0 bridgehead atoms. The lowest BCUT2D eigenvalue weighted by atomic mass is 10.1. The lowest BCUT2D eigenvalue weighted by Gasteiger charge is -2.20. The number of amides is 1. The number of ether oxygens (including phenoxy) is 1. The highest BCUT2D eigenvalue weighted by molar-refractivity contribution is 5.83. The van der Waals surface area contributed by atoms with Crippen LogP contribution in [0.15, 0.2) is 48.0 Å². The van der Waals surface area contributed by atoms with E-state index in [9.17, 15) is 4.39 Å². The number of nitrogens with one attached hydrogen (secondary N) is 2. The second-order valence-electron chi connectivity index (χ2n) is 10.4. The summed E-state index contributed by atoms with van der Waals surface area (Å²) < 4.78 is 35.2. The molecule has 2 aromatic carbocycles. The number of benzene rings is 2. The van der Waals surface area contributed by atoms with Crippen LogP contribution in [0.25, 0.3) is 5.70 Å². The van der Waals surface area contributed by atoms with E-state index in [2.05, 4.69) is 34.9 Å². The number of hydrogen-bond acceptors (Lipinski definition) is 5. The van der Waals surface area contributed by atoms with Crippen LogP contribution in [0.3, 0.4) is 0 Å². The van der Waals surface area contributed by atoms with Crippen LogP contribution in [0, 0.1) is 11.7 Å². The van der Waals surface area contributed by atoms with Crippen LogP contribution in [0.1, 0.15) is 78.2 Å². The molecule has 1 saturated carbocycles. The maximum atomic E-state index is 15.4. The van der Waals surface area contributed by atoms with Crippen LogP contribution in [-0.4, -0.2) is 30.9 Å². The Morgan fingerprint density at radius 3 is 2.44 bits per heavy atom. The van der Waals surface area contributed by atoms with Crippen molar-refractivity contribution in [2.45, 2.75) is 84.4 Å². The lowest BCUT2D eigenvalue weighted by Crippen LogP contribution is -2.17. The van der Waals surface area contributed by atoms with Gasteiger partial charge in [0.25, 0.3) is 0 Å². The van der Waals surface area contributed by atoms with Gasteiger partial charge in [-0.15, -0.1) is 0 Å². The summed E-state index contributed by atoms with van der Waals surface area (Å²) in [5, 5.41) is 6.40. The van der Waals surface area contributed by atoms with Gasteiger partial charge in [-0.2, -0.15) is 0 Å². The summed E-state index contributed by atoms with van der Waals surface area (Å²) in [6, 6.07) is 10.8. The Morgan fingerprint density at radius 1 is 1.23 bits per heavy atom. The molecule has 1 amide bonds. The van der Waals surface area contributed by atoms with E-state index in [1.165, 1.54) is 25.3 Å². The zero-order chi connectivity index (χ0) is 28.8. The maximum absolute atomic E-state index is 15.4. The van der Waals surface area contributed by atoms with Gasteiger partial charge in [0.1, 0.15) is 17.2 Å². The van der Waals surface area contributed by atoms with Gasteiger partial charge in [0.05, 0.1) is 17.4 Å². The Kier molecular flexibility index (Phi) is 12.9. The molecular formula is C31H44F2N4O2. The Bertz CT molecular complexity index is 1080. The van der Waals surface area contributed by atoms with Crippen molar-refractivity contribution in [3.63, 3.8) is 0 Å². The molecule has 214 valence electrons. The number of nitrogens with zero attached hydrogens (tertiary/aromatic N) is 1. The number of aliphatic imine (C=N–C) groups is 1. The zero-order valence-electron chi connectivity index (χ0n) is 23.7. The minimum absolute atomic E-state index is 0.0868. The first-order valence-electron chi connectivity index (χ1n) is 13.7. The number of halogens is 2.